The van der Waals surface area contributed by atoms with E-state index in [1.54, 1.807) is 38.1 Å². The quantitative estimate of drug-likeness (QED) is 0.610. The standard InChI is InChI=1S/C12H14O4S/c1-3-15-11(13)9-7-5-6-8-10(9)17-12(14)16-4-2/h5-8H,3-4H2,1-2H3. The van der Waals surface area contributed by atoms with E-state index in [1.165, 1.54) is 0 Å². The molecular weight excluding hydrogens is 240 g/mol. The van der Waals surface area contributed by atoms with E-state index in [1.807, 2.05) is 0 Å². The van der Waals surface area contributed by atoms with Crippen LogP contribution in [0.15, 0.2) is 29.2 Å². The zero-order chi connectivity index (χ0) is 12.7. The van der Waals surface area contributed by atoms with Gasteiger partial charge in [0.25, 0.3) is 0 Å². The molecule has 17 heavy (non-hydrogen) atoms. The molecule has 0 saturated heterocycles. The molecule has 0 bridgehead atoms. The molecule has 0 aliphatic carbocycles. The predicted molar refractivity (Wildman–Crippen MR) is 65.3 cm³/mol. The summed E-state index contributed by atoms with van der Waals surface area (Å²) in [5, 5.41) is -0.427. The number of benzene rings is 1. The van der Waals surface area contributed by atoms with Crippen molar-refractivity contribution in [3.63, 3.8) is 0 Å². The Bertz CT molecular complexity index is 403. The van der Waals surface area contributed by atoms with Gasteiger partial charge in [0.15, 0.2) is 0 Å². The molecule has 1 aromatic carbocycles. The van der Waals surface area contributed by atoms with Crippen LogP contribution < -0.4 is 0 Å². The summed E-state index contributed by atoms with van der Waals surface area (Å²) in [6, 6.07) is 6.79. The van der Waals surface area contributed by atoms with Gasteiger partial charge in [0.2, 0.25) is 0 Å². The van der Waals surface area contributed by atoms with Gasteiger partial charge in [-0.05, 0) is 37.7 Å². The average molecular weight is 254 g/mol. The van der Waals surface area contributed by atoms with Crippen LogP contribution in [0.4, 0.5) is 4.79 Å². The molecule has 4 nitrogen and oxygen atoms in total. The lowest BCUT2D eigenvalue weighted by molar-refractivity contribution is 0.0522. The van der Waals surface area contributed by atoms with Crippen LogP contribution in [0.1, 0.15) is 24.2 Å². The fourth-order valence-electron chi connectivity index (χ4n) is 1.17. The monoisotopic (exact) mass is 254 g/mol. The van der Waals surface area contributed by atoms with Crippen molar-refractivity contribution in [1.29, 1.82) is 0 Å². The minimum Gasteiger partial charge on any atom is -0.462 e. The van der Waals surface area contributed by atoms with E-state index in [0.717, 1.165) is 11.8 Å². The Labute approximate surface area is 104 Å². The summed E-state index contributed by atoms with van der Waals surface area (Å²) in [5.74, 6) is -0.431. The van der Waals surface area contributed by atoms with Crippen LogP contribution in [0.5, 0.6) is 0 Å². The van der Waals surface area contributed by atoms with E-state index < -0.39 is 11.3 Å². The molecule has 5 heteroatoms. The smallest absolute Gasteiger partial charge is 0.372 e. The first-order valence-corrected chi connectivity index (χ1v) is 6.11. The van der Waals surface area contributed by atoms with Gasteiger partial charge in [-0.25, -0.2) is 9.59 Å². The molecule has 0 amide bonds. The van der Waals surface area contributed by atoms with Gasteiger partial charge < -0.3 is 9.47 Å². The summed E-state index contributed by atoms with van der Waals surface area (Å²) in [6.45, 7) is 4.08. The Morgan fingerprint density at radius 2 is 1.76 bits per heavy atom. The Balaban J connectivity index is 2.84. The van der Waals surface area contributed by atoms with Gasteiger partial charge in [-0.2, -0.15) is 0 Å². The summed E-state index contributed by atoms with van der Waals surface area (Å²) >= 11 is 0.887. The van der Waals surface area contributed by atoms with Crippen molar-refractivity contribution in [1.82, 2.24) is 0 Å². The molecule has 0 fully saturated rings. The lowest BCUT2D eigenvalue weighted by atomic mass is 10.2. The van der Waals surface area contributed by atoms with Crippen LogP contribution in [-0.4, -0.2) is 24.5 Å². The van der Waals surface area contributed by atoms with Crippen molar-refractivity contribution in [2.24, 2.45) is 0 Å². The maximum atomic E-state index is 11.6. The molecule has 0 unspecified atom stereocenters. The molecular formula is C12H14O4S. The Morgan fingerprint density at radius 3 is 2.41 bits per heavy atom. The van der Waals surface area contributed by atoms with Gasteiger partial charge in [-0.3, -0.25) is 0 Å². The third-order valence-electron chi connectivity index (χ3n) is 1.84. The lowest BCUT2D eigenvalue weighted by Gasteiger charge is -2.07. The molecule has 0 atom stereocenters. The second kappa shape index (κ2) is 6.96. The summed E-state index contributed by atoms with van der Waals surface area (Å²) < 4.78 is 9.72. The minimum absolute atomic E-state index is 0.303. The zero-order valence-corrected chi connectivity index (χ0v) is 10.6. The molecule has 0 radical (unpaired) electrons. The number of hydrogen-bond donors (Lipinski definition) is 0. The first kappa shape index (κ1) is 13.6. The molecule has 0 aliphatic heterocycles. The molecule has 0 N–H and O–H groups in total. The number of carbonyl (C=O) groups is 2. The van der Waals surface area contributed by atoms with E-state index in [9.17, 15) is 9.59 Å². The van der Waals surface area contributed by atoms with Crippen LogP contribution in [0.25, 0.3) is 0 Å². The molecule has 0 saturated carbocycles. The Hall–Kier alpha value is -1.49. The number of esters is 1. The van der Waals surface area contributed by atoms with Crippen molar-refractivity contribution >= 4 is 23.0 Å². The van der Waals surface area contributed by atoms with E-state index in [2.05, 4.69) is 0 Å². The molecule has 0 aromatic heterocycles. The van der Waals surface area contributed by atoms with Crippen molar-refractivity contribution in [2.45, 2.75) is 18.7 Å². The first-order chi connectivity index (χ1) is 8.19. The van der Waals surface area contributed by atoms with Gasteiger partial charge in [0, 0.05) is 4.90 Å². The molecule has 1 aromatic rings. The number of carbonyl (C=O) groups excluding carboxylic acids is 2. The maximum absolute atomic E-state index is 11.6. The first-order valence-electron chi connectivity index (χ1n) is 5.29. The van der Waals surface area contributed by atoms with Crippen LogP contribution in [0, 0.1) is 0 Å². The van der Waals surface area contributed by atoms with Crippen LogP contribution >= 0.6 is 11.8 Å². The summed E-state index contributed by atoms with van der Waals surface area (Å²) in [4.78, 5) is 23.5. The molecule has 0 spiro atoms. The van der Waals surface area contributed by atoms with Crippen LogP contribution in [0.3, 0.4) is 0 Å². The maximum Gasteiger partial charge on any atom is 0.372 e. The highest BCUT2D eigenvalue weighted by Crippen LogP contribution is 2.25. The van der Waals surface area contributed by atoms with E-state index in [-0.39, 0.29) is 0 Å². The number of thioether (sulfide) groups is 1. The van der Waals surface area contributed by atoms with E-state index in [0.29, 0.717) is 23.7 Å². The van der Waals surface area contributed by atoms with Gasteiger partial charge >= 0.3 is 11.3 Å². The van der Waals surface area contributed by atoms with Crippen molar-refractivity contribution < 1.29 is 19.1 Å². The molecule has 0 heterocycles. The third kappa shape index (κ3) is 4.11. The fourth-order valence-corrected chi connectivity index (χ4v) is 1.93. The summed E-state index contributed by atoms with van der Waals surface area (Å²) in [6.07, 6.45) is 0. The predicted octanol–water partition coefficient (Wildman–Crippen LogP) is 3.11. The molecule has 0 aliphatic rings. The molecule has 92 valence electrons. The van der Waals surface area contributed by atoms with Gasteiger partial charge in [0.1, 0.15) is 0 Å². The van der Waals surface area contributed by atoms with Crippen molar-refractivity contribution in [3.05, 3.63) is 29.8 Å². The Kier molecular flexibility index (Phi) is 5.56. The number of rotatable bonds is 4. The largest absolute Gasteiger partial charge is 0.462 e. The van der Waals surface area contributed by atoms with Crippen molar-refractivity contribution in [3.8, 4) is 0 Å². The SMILES string of the molecule is CCOC(=O)Sc1ccccc1C(=O)OCC. The number of ether oxygens (including phenoxy) is 2. The zero-order valence-electron chi connectivity index (χ0n) is 9.76. The van der Waals surface area contributed by atoms with E-state index in [4.69, 9.17) is 9.47 Å². The van der Waals surface area contributed by atoms with Crippen LogP contribution in [0.2, 0.25) is 0 Å². The third-order valence-corrected chi connectivity index (χ3v) is 2.70. The van der Waals surface area contributed by atoms with Crippen LogP contribution in [-0.2, 0) is 9.47 Å². The highest BCUT2D eigenvalue weighted by molar-refractivity contribution is 8.13. The fraction of sp³-hybridized carbons (Fsp3) is 0.333. The second-order valence-electron chi connectivity index (χ2n) is 3.00. The topological polar surface area (TPSA) is 52.6 Å². The summed E-state index contributed by atoms with van der Waals surface area (Å²) in [7, 11) is 0. The van der Waals surface area contributed by atoms with E-state index >= 15 is 0 Å². The minimum atomic E-state index is -0.431. The van der Waals surface area contributed by atoms with Gasteiger partial charge in [0.05, 0.1) is 18.8 Å². The highest BCUT2D eigenvalue weighted by Gasteiger charge is 2.15. The molecule has 1 rings (SSSR count). The van der Waals surface area contributed by atoms with Gasteiger partial charge in [-0.15, -0.1) is 0 Å². The van der Waals surface area contributed by atoms with Crippen molar-refractivity contribution in [2.75, 3.05) is 13.2 Å². The lowest BCUT2D eigenvalue weighted by Crippen LogP contribution is -2.07. The second-order valence-corrected chi connectivity index (χ2v) is 3.98. The Morgan fingerprint density at radius 1 is 1.12 bits per heavy atom. The normalized spacial score (nSPS) is 9.76. The highest BCUT2D eigenvalue weighted by atomic mass is 32.2. The van der Waals surface area contributed by atoms with Gasteiger partial charge in [-0.1, -0.05) is 12.1 Å². The average Bonchev–Trinajstić information content (AvgIpc) is 2.30. The summed E-state index contributed by atoms with van der Waals surface area (Å²) in [5.41, 5.74) is 0.382. The number of hydrogen-bond acceptors (Lipinski definition) is 5.